The van der Waals surface area contributed by atoms with Gasteiger partial charge in [0.15, 0.2) is 5.13 Å². The second kappa shape index (κ2) is 10.6. The molecule has 0 spiro atoms. The number of aryl methyl sites for hydroxylation is 1. The number of thiazole rings is 1. The fraction of sp³-hybridized carbons (Fsp3) is 0.290. The predicted molar refractivity (Wildman–Crippen MR) is 161 cm³/mol. The molecule has 9 nitrogen and oxygen atoms in total. The molecule has 0 radical (unpaired) electrons. The molecule has 4 heterocycles. The second-order valence-corrected chi connectivity index (χ2v) is 11.6. The van der Waals surface area contributed by atoms with Crippen LogP contribution in [0.25, 0.3) is 32.5 Å². The highest BCUT2D eigenvalue weighted by atomic mass is 32.1. The van der Waals surface area contributed by atoms with Crippen molar-refractivity contribution in [3.63, 3.8) is 0 Å². The minimum absolute atomic E-state index is 0.0367. The van der Waals surface area contributed by atoms with Crippen molar-refractivity contribution >= 4 is 55.2 Å². The van der Waals surface area contributed by atoms with Crippen molar-refractivity contribution < 1.29 is 14.3 Å². The van der Waals surface area contributed by atoms with Crippen LogP contribution < -0.4 is 15.5 Å². The van der Waals surface area contributed by atoms with Gasteiger partial charge < -0.3 is 24.8 Å². The SMILES string of the molecule is Cn1cc(C(=O)NCc2ccc(N3CCOCC3)cc2)c2cc(-c3ccc4nc(NC(=O)C5CC5)sc4n3)ccc21. The van der Waals surface area contributed by atoms with E-state index in [0.29, 0.717) is 17.2 Å². The van der Waals surface area contributed by atoms with E-state index in [0.717, 1.165) is 77.2 Å². The number of anilines is 2. The van der Waals surface area contributed by atoms with Crippen LogP contribution in [0.4, 0.5) is 10.8 Å². The molecular weight excluding hydrogens is 536 g/mol. The van der Waals surface area contributed by atoms with Gasteiger partial charge in [0.1, 0.15) is 10.3 Å². The smallest absolute Gasteiger partial charge is 0.253 e. The Morgan fingerprint density at radius 2 is 1.83 bits per heavy atom. The van der Waals surface area contributed by atoms with Gasteiger partial charge in [-0.25, -0.2) is 9.97 Å². The minimum Gasteiger partial charge on any atom is -0.378 e. The monoisotopic (exact) mass is 566 g/mol. The average Bonchev–Trinajstić information content (AvgIpc) is 3.71. The Labute approximate surface area is 241 Å². The number of benzene rings is 2. The first-order valence-electron chi connectivity index (χ1n) is 13.9. The molecule has 2 fully saturated rings. The number of carbonyl (C=O) groups is 2. The van der Waals surface area contributed by atoms with Gasteiger partial charge >= 0.3 is 0 Å². The van der Waals surface area contributed by atoms with Crippen molar-refractivity contribution in [2.75, 3.05) is 36.5 Å². The lowest BCUT2D eigenvalue weighted by molar-refractivity contribution is -0.117. The Hall–Kier alpha value is -4.28. The summed E-state index contributed by atoms with van der Waals surface area (Å²) < 4.78 is 7.42. The first kappa shape index (κ1) is 25.7. The largest absolute Gasteiger partial charge is 0.378 e. The molecular formula is C31H30N6O3S. The standard InChI is InChI=1S/C31H30N6O3S/c1-36-18-24(29(39)32-17-19-2-7-22(8-3-19)37-12-14-40-15-13-37)23-16-21(6-11-27(23)36)25-9-10-26-30(33-25)41-31(34-26)35-28(38)20-4-5-20/h2-3,6-11,16,18,20H,4-5,12-15,17H2,1H3,(H,32,39)(H,34,35,38). The molecule has 2 aromatic carbocycles. The van der Waals surface area contributed by atoms with E-state index in [1.165, 1.54) is 17.0 Å². The summed E-state index contributed by atoms with van der Waals surface area (Å²) in [5.41, 5.74) is 6.27. The van der Waals surface area contributed by atoms with Crippen LogP contribution >= 0.6 is 11.3 Å². The van der Waals surface area contributed by atoms with Gasteiger partial charge in [0.05, 0.1) is 24.5 Å². The summed E-state index contributed by atoms with van der Waals surface area (Å²) in [7, 11) is 1.95. The number of hydrogen-bond donors (Lipinski definition) is 2. The van der Waals surface area contributed by atoms with E-state index in [1.807, 2.05) is 48.1 Å². The molecule has 0 unspecified atom stereocenters. The molecule has 3 aromatic heterocycles. The zero-order chi connectivity index (χ0) is 27.9. The zero-order valence-corrected chi connectivity index (χ0v) is 23.5. The molecule has 208 valence electrons. The maximum absolute atomic E-state index is 13.3. The van der Waals surface area contributed by atoms with Crippen LogP contribution in [0.3, 0.4) is 0 Å². The van der Waals surface area contributed by atoms with Crippen molar-refractivity contribution in [1.29, 1.82) is 0 Å². The number of nitrogens with zero attached hydrogens (tertiary/aromatic N) is 4. The molecule has 2 N–H and O–H groups in total. The normalized spacial score (nSPS) is 15.4. The van der Waals surface area contributed by atoms with Gasteiger partial charge in [0, 0.05) is 61.0 Å². The predicted octanol–water partition coefficient (Wildman–Crippen LogP) is 4.97. The number of carbonyl (C=O) groups excluding carboxylic acids is 2. The van der Waals surface area contributed by atoms with Crippen LogP contribution in [0.15, 0.2) is 60.8 Å². The molecule has 1 saturated heterocycles. The summed E-state index contributed by atoms with van der Waals surface area (Å²) in [4.78, 5) is 37.9. The molecule has 7 rings (SSSR count). The molecule has 1 aliphatic heterocycles. The third kappa shape index (κ3) is 5.28. The third-order valence-electron chi connectivity index (χ3n) is 7.73. The van der Waals surface area contributed by atoms with Gasteiger partial charge in [-0.1, -0.05) is 29.5 Å². The van der Waals surface area contributed by atoms with Crippen molar-refractivity contribution in [3.05, 3.63) is 71.9 Å². The molecule has 1 aliphatic carbocycles. The average molecular weight is 567 g/mol. The van der Waals surface area contributed by atoms with Crippen molar-refractivity contribution in [2.45, 2.75) is 19.4 Å². The number of ether oxygens (including phenoxy) is 1. The first-order chi connectivity index (χ1) is 20.0. The summed E-state index contributed by atoms with van der Waals surface area (Å²) in [5, 5.41) is 7.45. The van der Waals surface area contributed by atoms with Crippen LogP contribution in [0, 0.1) is 5.92 Å². The van der Waals surface area contributed by atoms with E-state index in [-0.39, 0.29) is 17.7 Å². The highest BCUT2D eigenvalue weighted by molar-refractivity contribution is 7.22. The van der Waals surface area contributed by atoms with E-state index in [9.17, 15) is 9.59 Å². The van der Waals surface area contributed by atoms with Crippen LogP contribution in [0.2, 0.25) is 0 Å². The Balaban J connectivity index is 1.09. The molecule has 5 aromatic rings. The molecule has 0 atom stereocenters. The fourth-order valence-corrected chi connectivity index (χ4v) is 6.08. The van der Waals surface area contributed by atoms with Crippen molar-refractivity contribution in [1.82, 2.24) is 19.9 Å². The lowest BCUT2D eigenvalue weighted by Crippen LogP contribution is -2.36. The van der Waals surface area contributed by atoms with Gasteiger partial charge in [-0.3, -0.25) is 9.59 Å². The minimum atomic E-state index is -0.119. The fourth-order valence-electron chi connectivity index (χ4n) is 5.24. The summed E-state index contributed by atoms with van der Waals surface area (Å²) >= 11 is 1.38. The van der Waals surface area contributed by atoms with Crippen molar-refractivity contribution in [3.8, 4) is 11.3 Å². The van der Waals surface area contributed by atoms with Gasteiger partial charge in [-0.15, -0.1) is 0 Å². The van der Waals surface area contributed by atoms with Crippen LogP contribution in [0.5, 0.6) is 0 Å². The number of nitrogens with one attached hydrogen (secondary N) is 2. The van der Waals surface area contributed by atoms with E-state index >= 15 is 0 Å². The third-order valence-corrected chi connectivity index (χ3v) is 8.61. The first-order valence-corrected chi connectivity index (χ1v) is 14.7. The lowest BCUT2D eigenvalue weighted by Gasteiger charge is -2.28. The number of rotatable bonds is 7. The molecule has 2 aliphatic rings. The van der Waals surface area contributed by atoms with Crippen LogP contribution in [0.1, 0.15) is 28.8 Å². The highest BCUT2D eigenvalue weighted by Gasteiger charge is 2.30. The number of pyridine rings is 1. The van der Waals surface area contributed by atoms with E-state index < -0.39 is 0 Å². The number of amides is 2. The van der Waals surface area contributed by atoms with E-state index in [2.05, 4.69) is 44.8 Å². The molecule has 2 amide bonds. The summed E-state index contributed by atoms with van der Waals surface area (Å²) in [6, 6.07) is 18.3. The molecule has 0 bridgehead atoms. The quantitative estimate of drug-likeness (QED) is 0.289. The molecule has 10 heteroatoms. The summed E-state index contributed by atoms with van der Waals surface area (Å²) in [5.74, 6) is 0.0389. The number of fused-ring (bicyclic) bond motifs is 2. The zero-order valence-electron chi connectivity index (χ0n) is 22.7. The molecule has 1 saturated carbocycles. The molecule has 41 heavy (non-hydrogen) atoms. The Morgan fingerprint density at radius 3 is 2.61 bits per heavy atom. The van der Waals surface area contributed by atoms with Crippen LogP contribution in [-0.2, 0) is 23.1 Å². The maximum Gasteiger partial charge on any atom is 0.253 e. The van der Waals surface area contributed by atoms with E-state index in [4.69, 9.17) is 9.72 Å². The Bertz CT molecular complexity index is 1770. The van der Waals surface area contributed by atoms with Gasteiger partial charge in [-0.2, -0.15) is 0 Å². The maximum atomic E-state index is 13.3. The highest BCUT2D eigenvalue weighted by Crippen LogP contribution is 2.33. The van der Waals surface area contributed by atoms with Crippen LogP contribution in [-0.4, -0.2) is 52.7 Å². The number of aromatic nitrogens is 3. The number of morpholine rings is 1. The van der Waals surface area contributed by atoms with Gasteiger partial charge in [0.2, 0.25) is 5.91 Å². The topological polar surface area (TPSA) is 101 Å². The number of hydrogen-bond acceptors (Lipinski definition) is 7. The summed E-state index contributed by atoms with van der Waals surface area (Å²) in [6.45, 7) is 3.74. The Kier molecular flexibility index (Phi) is 6.64. The van der Waals surface area contributed by atoms with Gasteiger partial charge in [-0.05, 0) is 54.8 Å². The van der Waals surface area contributed by atoms with E-state index in [1.54, 1.807) is 0 Å². The van der Waals surface area contributed by atoms with Gasteiger partial charge in [0.25, 0.3) is 5.91 Å². The Morgan fingerprint density at radius 1 is 1.02 bits per heavy atom. The summed E-state index contributed by atoms with van der Waals surface area (Å²) in [6.07, 6.45) is 3.77. The second-order valence-electron chi connectivity index (χ2n) is 10.6. The lowest BCUT2D eigenvalue weighted by atomic mass is 10.1. The van der Waals surface area contributed by atoms with Crippen molar-refractivity contribution in [2.24, 2.45) is 13.0 Å².